The highest BCUT2D eigenvalue weighted by atomic mass is 79.9. The Bertz CT molecular complexity index is 487. The fourth-order valence-electron chi connectivity index (χ4n) is 2.43. The standard InChI is InChI=1S/C13H19BrN4O2/c14-10-2-1-3-11(12(10)13(15)16-20)18-6-4-17(5-7-18)8-9-19/h1-3,19-20H,4-9H2,(H2,15,16). The lowest BCUT2D eigenvalue weighted by Crippen LogP contribution is -2.47. The molecule has 7 heteroatoms. The van der Waals surface area contributed by atoms with Crippen LogP contribution in [0.1, 0.15) is 5.56 Å². The predicted octanol–water partition coefficient (Wildman–Crippen LogP) is 0.658. The Morgan fingerprint density at radius 3 is 2.60 bits per heavy atom. The molecule has 1 heterocycles. The minimum Gasteiger partial charge on any atom is -0.409 e. The summed E-state index contributed by atoms with van der Waals surface area (Å²) in [4.78, 5) is 4.43. The van der Waals surface area contributed by atoms with E-state index in [1.54, 1.807) is 0 Å². The fraction of sp³-hybridized carbons (Fsp3) is 0.462. The lowest BCUT2D eigenvalue weighted by Gasteiger charge is -2.36. The maximum absolute atomic E-state index is 8.97. The third kappa shape index (κ3) is 3.23. The summed E-state index contributed by atoms with van der Waals surface area (Å²) >= 11 is 3.45. The molecule has 4 N–H and O–H groups in total. The second-order valence-corrected chi connectivity index (χ2v) is 5.53. The van der Waals surface area contributed by atoms with Crippen molar-refractivity contribution in [3.05, 3.63) is 28.2 Å². The van der Waals surface area contributed by atoms with Crippen LogP contribution in [-0.4, -0.2) is 60.4 Å². The van der Waals surface area contributed by atoms with Crippen molar-refractivity contribution in [2.45, 2.75) is 0 Å². The summed E-state index contributed by atoms with van der Waals surface area (Å²) < 4.78 is 0.808. The molecular weight excluding hydrogens is 324 g/mol. The summed E-state index contributed by atoms with van der Waals surface area (Å²) in [6, 6.07) is 5.78. The van der Waals surface area contributed by atoms with Gasteiger partial charge in [0.15, 0.2) is 5.84 Å². The van der Waals surface area contributed by atoms with Crippen molar-refractivity contribution in [2.24, 2.45) is 10.9 Å². The van der Waals surface area contributed by atoms with E-state index in [0.29, 0.717) is 12.1 Å². The van der Waals surface area contributed by atoms with E-state index in [-0.39, 0.29) is 12.4 Å². The number of halogens is 1. The van der Waals surface area contributed by atoms with Crippen molar-refractivity contribution >= 4 is 27.5 Å². The normalized spacial score (nSPS) is 17.5. The van der Waals surface area contributed by atoms with Crippen molar-refractivity contribution in [3.63, 3.8) is 0 Å². The van der Waals surface area contributed by atoms with Gasteiger partial charge in [-0.15, -0.1) is 0 Å². The first kappa shape index (κ1) is 15.1. The van der Waals surface area contributed by atoms with E-state index in [1.165, 1.54) is 0 Å². The molecule has 0 radical (unpaired) electrons. The van der Waals surface area contributed by atoms with Crippen molar-refractivity contribution in [1.29, 1.82) is 0 Å². The predicted molar refractivity (Wildman–Crippen MR) is 82.4 cm³/mol. The first-order valence-corrected chi connectivity index (χ1v) is 7.31. The van der Waals surface area contributed by atoms with Crippen molar-refractivity contribution in [3.8, 4) is 0 Å². The van der Waals surface area contributed by atoms with Gasteiger partial charge in [-0.2, -0.15) is 0 Å². The number of oxime groups is 1. The number of benzene rings is 1. The molecular formula is C13H19BrN4O2. The van der Waals surface area contributed by atoms with E-state index in [2.05, 4.69) is 30.9 Å². The molecule has 1 aliphatic heterocycles. The zero-order valence-electron chi connectivity index (χ0n) is 11.2. The monoisotopic (exact) mass is 342 g/mol. The average Bonchev–Trinajstić information content (AvgIpc) is 2.47. The highest BCUT2D eigenvalue weighted by Gasteiger charge is 2.21. The van der Waals surface area contributed by atoms with E-state index >= 15 is 0 Å². The summed E-state index contributed by atoms with van der Waals surface area (Å²) in [6.45, 7) is 4.38. The van der Waals surface area contributed by atoms with Gasteiger partial charge >= 0.3 is 0 Å². The topological polar surface area (TPSA) is 85.3 Å². The van der Waals surface area contributed by atoms with Crippen LogP contribution in [-0.2, 0) is 0 Å². The number of rotatable bonds is 4. The molecule has 0 saturated carbocycles. The molecule has 2 rings (SSSR count). The molecule has 0 aliphatic carbocycles. The van der Waals surface area contributed by atoms with Gasteiger partial charge in [0.25, 0.3) is 0 Å². The maximum atomic E-state index is 8.97. The molecule has 0 bridgehead atoms. The van der Waals surface area contributed by atoms with Gasteiger partial charge in [0.1, 0.15) is 0 Å². The van der Waals surface area contributed by atoms with Gasteiger partial charge in [-0.25, -0.2) is 0 Å². The van der Waals surface area contributed by atoms with Gasteiger partial charge in [-0.05, 0) is 28.1 Å². The summed E-state index contributed by atoms with van der Waals surface area (Å²) in [5, 5.41) is 21.0. The third-order valence-electron chi connectivity index (χ3n) is 3.48. The van der Waals surface area contributed by atoms with Crippen LogP contribution in [0.15, 0.2) is 27.8 Å². The summed E-state index contributed by atoms with van der Waals surface area (Å²) in [6.07, 6.45) is 0. The lowest BCUT2D eigenvalue weighted by molar-refractivity contribution is 0.189. The number of nitrogens with two attached hydrogens (primary N) is 1. The van der Waals surface area contributed by atoms with Crippen LogP contribution in [0.25, 0.3) is 0 Å². The molecule has 0 aromatic heterocycles. The Balaban J connectivity index is 2.20. The third-order valence-corrected chi connectivity index (χ3v) is 4.15. The van der Waals surface area contributed by atoms with Gasteiger partial charge < -0.3 is 20.9 Å². The largest absolute Gasteiger partial charge is 0.409 e. The Kier molecular flexibility index (Phi) is 5.22. The van der Waals surface area contributed by atoms with Crippen LogP contribution >= 0.6 is 15.9 Å². The van der Waals surface area contributed by atoms with Crippen LogP contribution in [0.4, 0.5) is 5.69 Å². The molecule has 0 unspecified atom stereocenters. The average molecular weight is 343 g/mol. The van der Waals surface area contributed by atoms with Gasteiger partial charge in [0.2, 0.25) is 0 Å². The van der Waals surface area contributed by atoms with Gasteiger partial charge in [0.05, 0.1) is 12.2 Å². The Labute approximate surface area is 126 Å². The molecule has 20 heavy (non-hydrogen) atoms. The molecule has 1 aromatic rings. The first-order valence-electron chi connectivity index (χ1n) is 6.52. The molecule has 110 valence electrons. The lowest BCUT2D eigenvalue weighted by atomic mass is 10.1. The van der Waals surface area contributed by atoms with Gasteiger partial charge in [0, 0.05) is 42.9 Å². The van der Waals surface area contributed by atoms with E-state index in [0.717, 1.165) is 36.3 Å². The fourth-order valence-corrected chi connectivity index (χ4v) is 2.99. The SMILES string of the molecule is N/C(=N/O)c1c(Br)cccc1N1CCN(CCO)CC1. The summed E-state index contributed by atoms with van der Waals surface area (Å²) in [5.74, 6) is 0.102. The van der Waals surface area contributed by atoms with Crippen molar-refractivity contribution in [1.82, 2.24) is 4.90 Å². The Morgan fingerprint density at radius 2 is 2.00 bits per heavy atom. The van der Waals surface area contributed by atoms with E-state index < -0.39 is 0 Å². The second-order valence-electron chi connectivity index (χ2n) is 4.67. The van der Waals surface area contributed by atoms with Crippen LogP contribution in [0.2, 0.25) is 0 Å². The Hall–Kier alpha value is -1.31. The number of hydrogen-bond donors (Lipinski definition) is 3. The number of piperazine rings is 1. The van der Waals surface area contributed by atoms with Gasteiger partial charge in [-0.1, -0.05) is 11.2 Å². The Morgan fingerprint density at radius 1 is 1.30 bits per heavy atom. The van der Waals surface area contributed by atoms with E-state index in [9.17, 15) is 0 Å². The maximum Gasteiger partial charge on any atom is 0.173 e. The van der Waals surface area contributed by atoms with Crippen LogP contribution in [0.3, 0.4) is 0 Å². The summed E-state index contributed by atoms with van der Waals surface area (Å²) in [5.41, 5.74) is 7.45. The zero-order chi connectivity index (χ0) is 14.5. The van der Waals surface area contributed by atoms with Crippen molar-refractivity contribution in [2.75, 3.05) is 44.2 Å². The van der Waals surface area contributed by atoms with Crippen molar-refractivity contribution < 1.29 is 10.3 Å². The number of hydrogen-bond acceptors (Lipinski definition) is 5. The quantitative estimate of drug-likeness (QED) is 0.324. The molecule has 0 amide bonds. The minimum atomic E-state index is 0.102. The highest BCUT2D eigenvalue weighted by Crippen LogP contribution is 2.28. The van der Waals surface area contributed by atoms with Crippen LogP contribution < -0.4 is 10.6 Å². The number of β-amino-alcohol motifs (C(OH)–C–C–N with tert-alkyl or cyclic N) is 1. The van der Waals surface area contributed by atoms with E-state index in [4.69, 9.17) is 16.0 Å². The molecule has 1 saturated heterocycles. The number of anilines is 1. The molecule has 1 aromatic carbocycles. The number of aliphatic hydroxyl groups excluding tert-OH is 1. The second kappa shape index (κ2) is 6.92. The highest BCUT2D eigenvalue weighted by molar-refractivity contribution is 9.10. The molecule has 0 atom stereocenters. The van der Waals surface area contributed by atoms with Crippen LogP contribution in [0, 0.1) is 0 Å². The number of amidine groups is 1. The zero-order valence-corrected chi connectivity index (χ0v) is 12.8. The molecule has 0 spiro atoms. The smallest absolute Gasteiger partial charge is 0.173 e. The number of aliphatic hydroxyl groups is 1. The molecule has 6 nitrogen and oxygen atoms in total. The first-order chi connectivity index (χ1) is 9.67. The van der Waals surface area contributed by atoms with E-state index in [1.807, 2.05) is 18.2 Å². The molecule has 1 fully saturated rings. The van der Waals surface area contributed by atoms with Crippen LogP contribution in [0.5, 0.6) is 0 Å². The minimum absolute atomic E-state index is 0.102. The number of nitrogens with zero attached hydrogens (tertiary/aromatic N) is 3. The molecule has 1 aliphatic rings. The summed E-state index contributed by atoms with van der Waals surface area (Å²) in [7, 11) is 0. The van der Waals surface area contributed by atoms with Gasteiger partial charge in [-0.3, -0.25) is 4.90 Å².